The first-order chi connectivity index (χ1) is 12.0. The van der Waals surface area contributed by atoms with Crippen molar-refractivity contribution in [2.24, 2.45) is 0 Å². The van der Waals surface area contributed by atoms with Crippen molar-refractivity contribution in [3.63, 3.8) is 0 Å². The van der Waals surface area contributed by atoms with Gasteiger partial charge in [-0.25, -0.2) is 9.07 Å². The molecule has 3 aromatic rings. The van der Waals surface area contributed by atoms with Crippen molar-refractivity contribution >= 4 is 11.6 Å². The van der Waals surface area contributed by atoms with Gasteiger partial charge >= 0.3 is 0 Å². The van der Waals surface area contributed by atoms with Crippen LogP contribution in [0.15, 0.2) is 65.7 Å². The summed E-state index contributed by atoms with van der Waals surface area (Å²) in [6.45, 7) is 1.58. The van der Waals surface area contributed by atoms with E-state index < -0.39 is 11.6 Å². The standard InChI is InChI=1S/C18H15FN4O2/c1-12(18(25)21-15-3-2-10-20-11-15)23-17(24)9-8-16(22-23)13-4-6-14(19)7-5-13/h2-12H,1H3,(H,21,25). The molecule has 0 fully saturated rings. The minimum Gasteiger partial charge on any atom is -0.323 e. The average Bonchev–Trinajstić information content (AvgIpc) is 2.63. The van der Waals surface area contributed by atoms with Crippen molar-refractivity contribution in [3.05, 3.63) is 77.1 Å². The van der Waals surface area contributed by atoms with Gasteiger partial charge in [0.1, 0.15) is 11.9 Å². The molecule has 1 amide bonds. The maximum Gasteiger partial charge on any atom is 0.267 e. The smallest absolute Gasteiger partial charge is 0.267 e. The summed E-state index contributed by atoms with van der Waals surface area (Å²) in [6, 6.07) is 11.2. The van der Waals surface area contributed by atoms with Crippen molar-refractivity contribution in [3.8, 4) is 11.3 Å². The van der Waals surface area contributed by atoms with Crippen LogP contribution in [0.1, 0.15) is 13.0 Å². The first-order valence-corrected chi connectivity index (χ1v) is 7.61. The Balaban J connectivity index is 1.88. The molecule has 0 aliphatic rings. The SMILES string of the molecule is CC(C(=O)Nc1cccnc1)n1nc(-c2ccc(F)cc2)ccc1=O. The van der Waals surface area contributed by atoms with Crippen LogP contribution in [0, 0.1) is 5.82 Å². The second kappa shape index (κ2) is 7.04. The molecule has 0 radical (unpaired) electrons. The molecule has 0 aliphatic carbocycles. The lowest BCUT2D eigenvalue weighted by Crippen LogP contribution is -2.33. The fourth-order valence-corrected chi connectivity index (χ4v) is 2.27. The van der Waals surface area contributed by atoms with E-state index in [-0.39, 0.29) is 11.7 Å². The van der Waals surface area contributed by atoms with Gasteiger partial charge in [-0.2, -0.15) is 5.10 Å². The number of hydrogen-bond donors (Lipinski definition) is 1. The van der Waals surface area contributed by atoms with E-state index in [9.17, 15) is 14.0 Å². The Hall–Kier alpha value is -3.35. The summed E-state index contributed by atoms with van der Waals surface area (Å²) in [4.78, 5) is 28.4. The quantitative estimate of drug-likeness (QED) is 0.793. The minimum absolute atomic E-state index is 0.360. The van der Waals surface area contributed by atoms with Crippen LogP contribution in [0.4, 0.5) is 10.1 Å². The number of amides is 1. The number of pyridine rings is 1. The highest BCUT2D eigenvalue weighted by molar-refractivity contribution is 5.93. The highest BCUT2D eigenvalue weighted by atomic mass is 19.1. The lowest BCUT2D eigenvalue weighted by molar-refractivity contribution is -0.119. The summed E-state index contributed by atoms with van der Waals surface area (Å²) in [7, 11) is 0. The first kappa shape index (κ1) is 16.5. The molecule has 1 unspecified atom stereocenters. The van der Waals surface area contributed by atoms with E-state index in [0.717, 1.165) is 4.68 Å². The predicted molar refractivity (Wildman–Crippen MR) is 91.5 cm³/mol. The monoisotopic (exact) mass is 338 g/mol. The van der Waals surface area contributed by atoms with Crippen LogP contribution in [-0.2, 0) is 4.79 Å². The van der Waals surface area contributed by atoms with E-state index in [2.05, 4.69) is 15.4 Å². The van der Waals surface area contributed by atoms with Gasteiger partial charge in [-0.05, 0) is 49.4 Å². The lowest BCUT2D eigenvalue weighted by atomic mass is 10.1. The maximum atomic E-state index is 13.1. The van der Waals surface area contributed by atoms with E-state index in [4.69, 9.17) is 0 Å². The molecule has 0 bridgehead atoms. The molecule has 0 aliphatic heterocycles. The molecule has 1 atom stereocenters. The van der Waals surface area contributed by atoms with Crippen molar-refractivity contribution < 1.29 is 9.18 Å². The Morgan fingerprint density at radius 1 is 1.16 bits per heavy atom. The molecule has 0 saturated carbocycles. The Bertz CT molecular complexity index is 939. The molecule has 1 N–H and O–H groups in total. The van der Waals surface area contributed by atoms with Crippen molar-refractivity contribution in [1.82, 2.24) is 14.8 Å². The normalized spacial score (nSPS) is 11.8. The summed E-state index contributed by atoms with van der Waals surface area (Å²) in [5.74, 6) is -0.750. The Morgan fingerprint density at radius 2 is 1.92 bits per heavy atom. The number of rotatable bonds is 4. The zero-order chi connectivity index (χ0) is 17.8. The molecule has 7 heteroatoms. The fraction of sp³-hybridized carbons (Fsp3) is 0.111. The second-order valence-corrected chi connectivity index (χ2v) is 5.42. The summed E-state index contributed by atoms with van der Waals surface area (Å²) in [5, 5.41) is 6.92. The van der Waals surface area contributed by atoms with E-state index in [1.807, 2.05) is 0 Å². The Kier molecular flexibility index (Phi) is 4.65. The van der Waals surface area contributed by atoms with Gasteiger partial charge in [0.15, 0.2) is 0 Å². The first-order valence-electron chi connectivity index (χ1n) is 7.61. The summed E-state index contributed by atoms with van der Waals surface area (Å²) in [5.41, 5.74) is 1.25. The van der Waals surface area contributed by atoms with Crippen LogP contribution in [0.2, 0.25) is 0 Å². The molecule has 2 aromatic heterocycles. The van der Waals surface area contributed by atoms with E-state index >= 15 is 0 Å². The van der Waals surface area contributed by atoms with Gasteiger partial charge in [-0.15, -0.1) is 0 Å². The van der Waals surface area contributed by atoms with Gasteiger partial charge in [0.05, 0.1) is 17.6 Å². The maximum absolute atomic E-state index is 13.1. The van der Waals surface area contributed by atoms with Gasteiger partial charge in [0, 0.05) is 17.8 Å². The van der Waals surface area contributed by atoms with Crippen molar-refractivity contribution in [2.75, 3.05) is 5.32 Å². The topological polar surface area (TPSA) is 76.9 Å². The zero-order valence-corrected chi connectivity index (χ0v) is 13.4. The van der Waals surface area contributed by atoms with Gasteiger partial charge in [-0.1, -0.05) is 0 Å². The average molecular weight is 338 g/mol. The number of halogens is 1. The second-order valence-electron chi connectivity index (χ2n) is 5.42. The third-order valence-corrected chi connectivity index (χ3v) is 3.64. The Labute approximate surface area is 143 Å². The molecule has 0 saturated heterocycles. The van der Waals surface area contributed by atoms with Gasteiger partial charge in [-0.3, -0.25) is 14.6 Å². The number of nitrogens with one attached hydrogen (secondary N) is 1. The van der Waals surface area contributed by atoms with E-state index in [1.165, 1.54) is 30.5 Å². The predicted octanol–water partition coefficient (Wildman–Crippen LogP) is 2.64. The summed E-state index contributed by atoms with van der Waals surface area (Å²) >= 11 is 0. The number of hydrogen-bond acceptors (Lipinski definition) is 4. The molecule has 3 rings (SSSR count). The van der Waals surface area contributed by atoms with Gasteiger partial charge < -0.3 is 5.32 Å². The number of anilines is 1. The van der Waals surface area contributed by atoms with Crippen LogP contribution >= 0.6 is 0 Å². The lowest BCUT2D eigenvalue weighted by Gasteiger charge is -2.15. The zero-order valence-electron chi connectivity index (χ0n) is 13.4. The van der Waals surface area contributed by atoms with Crippen LogP contribution in [-0.4, -0.2) is 20.7 Å². The molecular weight excluding hydrogens is 323 g/mol. The summed E-state index contributed by atoms with van der Waals surface area (Å²) < 4.78 is 14.2. The Morgan fingerprint density at radius 3 is 2.60 bits per heavy atom. The van der Waals surface area contributed by atoms with Crippen LogP contribution in [0.5, 0.6) is 0 Å². The van der Waals surface area contributed by atoms with Gasteiger partial charge in [0.2, 0.25) is 5.91 Å². The molecule has 0 spiro atoms. The number of carbonyl (C=O) groups excluding carboxylic acids is 1. The van der Waals surface area contributed by atoms with Crippen LogP contribution in [0.25, 0.3) is 11.3 Å². The number of carbonyl (C=O) groups is 1. The van der Waals surface area contributed by atoms with Crippen molar-refractivity contribution in [2.45, 2.75) is 13.0 Å². The fourth-order valence-electron chi connectivity index (χ4n) is 2.27. The molecular formula is C18H15FN4O2. The third kappa shape index (κ3) is 3.77. The summed E-state index contributed by atoms with van der Waals surface area (Å²) in [6.07, 6.45) is 3.10. The van der Waals surface area contributed by atoms with Crippen molar-refractivity contribution in [1.29, 1.82) is 0 Å². The number of nitrogens with zero attached hydrogens (tertiary/aromatic N) is 3. The van der Waals surface area contributed by atoms with E-state index in [1.54, 1.807) is 37.4 Å². The third-order valence-electron chi connectivity index (χ3n) is 3.64. The highest BCUT2D eigenvalue weighted by Crippen LogP contribution is 2.17. The molecule has 1 aromatic carbocycles. The van der Waals surface area contributed by atoms with Crippen LogP contribution < -0.4 is 10.9 Å². The molecule has 25 heavy (non-hydrogen) atoms. The minimum atomic E-state index is -0.826. The number of benzene rings is 1. The molecule has 6 nitrogen and oxygen atoms in total. The van der Waals surface area contributed by atoms with Gasteiger partial charge in [0.25, 0.3) is 5.56 Å². The highest BCUT2D eigenvalue weighted by Gasteiger charge is 2.18. The molecule has 2 heterocycles. The van der Waals surface area contributed by atoms with E-state index in [0.29, 0.717) is 16.9 Å². The number of aromatic nitrogens is 3. The molecule has 126 valence electrons. The largest absolute Gasteiger partial charge is 0.323 e. The van der Waals surface area contributed by atoms with Crippen LogP contribution in [0.3, 0.4) is 0 Å².